The second-order valence-corrected chi connectivity index (χ2v) is 14.4. The summed E-state index contributed by atoms with van der Waals surface area (Å²) in [6.45, 7) is 1.02. The average Bonchev–Trinajstić information content (AvgIpc) is 3.07. The first kappa shape index (κ1) is 27.6. The molecule has 5 aromatic carbocycles. The van der Waals surface area contributed by atoms with E-state index in [0.717, 1.165) is 41.8 Å². The smallest absolute Gasteiger partial charge is 0.302 e. The van der Waals surface area contributed by atoms with Crippen molar-refractivity contribution in [3.8, 4) is 0 Å². The molecule has 0 aliphatic heterocycles. The molecule has 0 fully saturated rings. The third-order valence-corrected chi connectivity index (χ3v) is 12.9. The van der Waals surface area contributed by atoms with Crippen molar-refractivity contribution < 1.29 is 14.4 Å². The Labute approximate surface area is 255 Å². The molecule has 1 aliphatic carbocycles. The molecule has 1 N–H and O–H groups in total. The van der Waals surface area contributed by atoms with Crippen LogP contribution < -0.4 is 20.3 Å². The Kier molecular flexibility index (Phi) is 6.76. The van der Waals surface area contributed by atoms with E-state index in [1.807, 2.05) is 123 Å². The molecule has 5 nitrogen and oxygen atoms in total. The van der Waals surface area contributed by atoms with Gasteiger partial charge >= 0.3 is 5.69 Å². The second-order valence-electron chi connectivity index (χ2n) is 11.0. The van der Waals surface area contributed by atoms with Crippen molar-refractivity contribution in [1.29, 1.82) is 0 Å². The maximum Gasteiger partial charge on any atom is 0.302 e. The fourth-order valence-corrected chi connectivity index (χ4v) is 10.8. The minimum Gasteiger partial charge on any atom is -0.427 e. The summed E-state index contributed by atoms with van der Waals surface area (Å²) in [6.07, 6.45) is 1.67. The van der Waals surface area contributed by atoms with Crippen LogP contribution in [0.25, 0.3) is 22.7 Å². The number of aromatic nitrogens is 2. The van der Waals surface area contributed by atoms with Gasteiger partial charge in [-0.25, -0.2) is 0 Å². The van der Waals surface area contributed by atoms with Gasteiger partial charge in [-0.15, -0.1) is 0 Å². The van der Waals surface area contributed by atoms with Crippen LogP contribution in [0.4, 0.5) is 0 Å². The van der Waals surface area contributed by atoms with Gasteiger partial charge in [-0.1, -0.05) is 121 Å². The van der Waals surface area contributed by atoms with E-state index in [-0.39, 0.29) is 22.7 Å². The van der Waals surface area contributed by atoms with E-state index in [4.69, 9.17) is 0 Å². The van der Waals surface area contributed by atoms with Crippen molar-refractivity contribution in [2.45, 2.75) is 13.8 Å². The van der Waals surface area contributed by atoms with Gasteiger partial charge in [0.25, 0.3) is 5.52 Å². The first-order valence-electron chi connectivity index (χ1n) is 14.5. The molecular weight excluding hydrogens is 563 g/mol. The molecule has 0 atom stereocenters. The number of ketones is 1. The Balaban J connectivity index is 1.79. The van der Waals surface area contributed by atoms with E-state index in [9.17, 15) is 10.1 Å². The fourth-order valence-electron chi connectivity index (χ4n) is 6.28. The number of benzene rings is 5. The molecule has 0 saturated heterocycles. The van der Waals surface area contributed by atoms with Crippen LogP contribution >= 0.6 is 6.89 Å². The summed E-state index contributed by atoms with van der Waals surface area (Å²) in [4.78, 5) is 29.9. The summed E-state index contributed by atoms with van der Waals surface area (Å²) in [6, 6.07) is 42.9. The number of rotatable bonds is 4. The largest absolute Gasteiger partial charge is 0.427 e. The first-order valence-corrected chi connectivity index (χ1v) is 16.3. The predicted molar refractivity (Wildman–Crippen MR) is 181 cm³/mol. The number of hydrogen-bond donors (Lipinski definition) is 1. The molecule has 0 radical (unpaired) electrons. The van der Waals surface area contributed by atoms with Crippen molar-refractivity contribution in [2.24, 2.45) is 0 Å². The van der Waals surface area contributed by atoms with Crippen LogP contribution in [0.5, 0.6) is 0 Å². The zero-order valence-electron chi connectivity index (χ0n) is 24.4. The van der Waals surface area contributed by atoms with E-state index in [2.05, 4.69) is 0 Å². The summed E-state index contributed by atoms with van der Waals surface area (Å²) < 4.78 is 1.89. The first-order chi connectivity index (χ1) is 21.4. The van der Waals surface area contributed by atoms with Gasteiger partial charge in [-0.2, -0.15) is 4.73 Å². The molecule has 6 aromatic rings. The van der Waals surface area contributed by atoms with Crippen LogP contribution in [0.1, 0.15) is 28.1 Å². The minimum atomic E-state index is -3.04. The van der Waals surface area contributed by atoms with Gasteiger partial charge in [0.15, 0.2) is 11.2 Å². The molecule has 6 heteroatoms. The van der Waals surface area contributed by atoms with Crippen molar-refractivity contribution in [2.75, 3.05) is 0 Å². The highest BCUT2D eigenvalue weighted by Gasteiger charge is 2.45. The number of allylic oxidation sites excluding steroid dienone is 1. The highest BCUT2D eigenvalue weighted by atomic mass is 31.2. The van der Waals surface area contributed by atoms with Crippen molar-refractivity contribution >= 4 is 56.6 Å². The monoisotopic (exact) mass is 593 g/mol. The Hall–Kier alpha value is -5.25. The highest BCUT2D eigenvalue weighted by molar-refractivity contribution is 7.97. The number of fused-ring (bicyclic) bond motifs is 2. The Bertz CT molecular complexity index is 2130. The third kappa shape index (κ3) is 4.12. The Morgan fingerprint density at radius 2 is 1.18 bits per heavy atom. The number of hydrogen-bond acceptors (Lipinski definition) is 3. The van der Waals surface area contributed by atoms with Gasteiger partial charge < -0.3 is 5.21 Å². The van der Waals surface area contributed by atoms with E-state index >= 15 is 4.79 Å². The van der Waals surface area contributed by atoms with Gasteiger partial charge in [0.2, 0.25) is 5.78 Å². The maximum absolute atomic E-state index is 15.3. The topological polar surface area (TPSA) is 65.2 Å². The quantitative estimate of drug-likeness (QED) is 0.154. The molecule has 0 saturated carbocycles. The Morgan fingerprint density at radius 3 is 1.73 bits per heavy atom. The maximum atomic E-state index is 15.3. The van der Waals surface area contributed by atoms with Crippen LogP contribution in [-0.4, -0.2) is 21.0 Å². The second kappa shape index (κ2) is 10.8. The lowest BCUT2D eigenvalue weighted by atomic mass is 9.90. The summed E-state index contributed by atoms with van der Waals surface area (Å²) in [5, 5.41) is 15.0. The van der Waals surface area contributed by atoms with Crippen LogP contribution in [0, 0.1) is 18.8 Å². The van der Waals surface area contributed by atoms with Crippen molar-refractivity contribution in [3.63, 3.8) is 0 Å². The Morgan fingerprint density at radius 1 is 0.659 bits per heavy atom. The normalized spacial score (nSPS) is 13.1. The molecule has 214 valence electrons. The zero-order chi connectivity index (χ0) is 30.4. The standard InChI is InChI=1S/C38H30N2O3P/c1-26-22-23-28(24-27(26)2)32-25-35-36(40(43)34-21-13-12-20-33(34)39(35)42)38(37(32)41)44(29-14-6-3-7-15-29,30-16-8-4-9-17-30)31-18-10-5-11-19-31/h3-25,42H,1-2H3/q+1. The number of para-hydroxylation sites is 2. The van der Waals surface area contributed by atoms with Gasteiger partial charge in [0, 0.05) is 16.5 Å². The van der Waals surface area contributed by atoms with Crippen molar-refractivity contribution in [1.82, 2.24) is 4.73 Å². The molecular formula is C38H30N2O3P+. The van der Waals surface area contributed by atoms with E-state index in [1.165, 1.54) is 0 Å². The van der Waals surface area contributed by atoms with E-state index in [1.54, 1.807) is 30.3 Å². The molecule has 7 rings (SSSR count). The molecule has 0 unspecified atom stereocenters. The minimum absolute atomic E-state index is 0.161. The fraction of sp³-hybridized carbons (Fsp3) is 0.0526. The predicted octanol–water partition coefficient (Wildman–Crippen LogP) is 6.05. The average molecular weight is 594 g/mol. The molecule has 1 aromatic heterocycles. The highest BCUT2D eigenvalue weighted by Crippen LogP contribution is 2.50. The summed E-state index contributed by atoms with van der Waals surface area (Å²) in [7, 11) is 0. The number of nitrogens with zero attached hydrogens (tertiary/aromatic N) is 2. The number of carbonyl (C=O) groups excluding carboxylic acids is 1. The zero-order valence-corrected chi connectivity index (χ0v) is 25.3. The number of Topliss-reactive ketones (excluding diaryl/α,β-unsaturated/α-hetero) is 1. The molecule has 0 amide bonds. The molecule has 0 bridgehead atoms. The number of aryl methyl sites for hydroxylation is 2. The summed E-state index contributed by atoms with van der Waals surface area (Å²) in [5.74, 6) is -0.231. The van der Waals surface area contributed by atoms with Gasteiger partial charge in [0.05, 0.1) is 4.43 Å². The van der Waals surface area contributed by atoms with Crippen LogP contribution in [0.2, 0.25) is 0 Å². The van der Waals surface area contributed by atoms with Gasteiger partial charge in [-0.3, -0.25) is 4.79 Å². The molecule has 1 aliphatic rings. The SMILES string of the molecule is Cc1ccc(C2=Cc3c([n+](=O)c4ccccc4n3O)C(=P(c3ccccc3)(c3ccccc3)c3ccccc3)C2=O)cc1C. The third-order valence-electron chi connectivity index (χ3n) is 8.55. The molecule has 44 heavy (non-hydrogen) atoms. The van der Waals surface area contributed by atoms with E-state index < -0.39 is 6.89 Å². The van der Waals surface area contributed by atoms with Crippen molar-refractivity contribution in [3.05, 3.63) is 166 Å². The lowest BCUT2D eigenvalue weighted by Gasteiger charge is -2.32. The summed E-state index contributed by atoms with van der Waals surface area (Å²) >= 11 is 0. The molecule has 1 heterocycles. The lowest BCUT2D eigenvalue weighted by molar-refractivity contribution is -0.466. The van der Waals surface area contributed by atoms with E-state index in [0.29, 0.717) is 16.4 Å². The molecule has 0 spiro atoms. The number of carbonyl (C=O) groups is 1. The van der Waals surface area contributed by atoms with Crippen LogP contribution in [0.3, 0.4) is 0 Å². The lowest BCUT2D eigenvalue weighted by Crippen LogP contribution is -2.42. The van der Waals surface area contributed by atoms with Gasteiger partial charge in [-0.05, 0) is 65.5 Å². The van der Waals surface area contributed by atoms with Gasteiger partial charge in [0.1, 0.15) is 5.29 Å². The summed E-state index contributed by atoms with van der Waals surface area (Å²) in [5.41, 5.74) is 4.39. The van der Waals surface area contributed by atoms with Crippen LogP contribution in [-0.2, 0) is 4.79 Å². The van der Waals surface area contributed by atoms with Crippen LogP contribution in [0.15, 0.2) is 133 Å².